The van der Waals surface area contributed by atoms with Gasteiger partial charge < -0.3 is 14.8 Å². The number of para-hydroxylation sites is 1. The highest BCUT2D eigenvalue weighted by atomic mass is 35.5. The molecule has 0 saturated heterocycles. The Morgan fingerprint density at radius 3 is 2.26 bits per heavy atom. The van der Waals surface area contributed by atoms with Gasteiger partial charge in [-0.25, -0.2) is 13.8 Å². The van der Waals surface area contributed by atoms with Crippen molar-refractivity contribution in [3.8, 4) is 34.0 Å². The summed E-state index contributed by atoms with van der Waals surface area (Å²) in [4.78, 5) is 28.6. The van der Waals surface area contributed by atoms with Crippen LogP contribution in [0, 0.1) is 5.82 Å². The van der Waals surface area contributed by atoms with Crippen LogP contribution in [0.25, 0.3) is 33.5 Å². The Morgan fingerprint density at radius 1 is 0.941 bits per heavy atom. The van der Waals surface area contributed by atoms with Gasteiger partial charge in [0.1, 0.15) is 16.5 Å². The minimum atomic E-state index is -0.665. The zero-order valence-electron chi connectivity index (χ0n) is 17.8. The fourth-order valence-corrected chi connectivity index (χ4v) is 4.23. The smallest absolute Gasteiger partial charge is 0.333 e. The minimum absolute atomic E-state index is 0.0157. The maximum atomic E-state index is 13.4. The second-order valence-electron chi connectivity index (χ2n) is 7.52. The second-order valence-corrected chi connectivity index (χ2v) is 7.90. The molecule has 34 heavy (non-hydrogen) atoms. The first-order valence-electron chi connectivity index (χ1n) is 10.2. The van der Waals surface area contributed by atoms with Crippen LogP contribution in [0.5, 0.6) is 11.5 Å². The fraction of sp³-hybridized carbons (Fsp3) is 0.0400. The number of nitrogens with zero attached hydrogens (tertiary/aromatic N) is 2. The van der Waals surface area contributed by atoms with E-state index in [0.29, 0.717) is 17.0 Å². The molecule has 0 unspecified atom stereocenters. The first kappa shape index (κ1) is 21.5. The summed E-state index contributed by atoms with van der Waals surface area (Å²) in [7, 11) is 1.48. The van der Waals surface area contributed by atoms with Crippen LogP contribution in [0.2, 0.25) is 5.15 Å². The molecule has 2 N–H and O–H groups in total. The molecule has 3 aromatic carbocycles. The van der Waals surface area contributed by atoms with Gasteiger partial charge in [0.2, 0.25) is 0 Å². The molecule has 170 valence electrons. The lowest BCUT2D eigenvalue weighted by atomic mass is 10.0. The Hall–Kier alpha value is -4.30. The number of aromatic nitrogens is 3. The molecule has 0 saturated carbocycles. The number of ether oxygens (including phenoxy) is 1. The molecule has 0 amide bonds. The first-order valence-corrected chi connectivity index (χ1v) is 10.6. The summed E-state index contributed by atoms with van der Waals surface area (Å²) in [6, 6.07) is 18.8. The van der Waals surface area contributed by atoms with E-state index in [-0.39, 0.29) is 27.6 Å². The monoisotopic (exact) mass is 477 g/mol. The average molecular weight is 478 g/mol. The van der Waals surface area contributed by atoms with Gasteiger partial charge in [0, 0.05) is 11.3 Å². The van der Waals surface area contributed by atoms with Gasteiger partial charge in [0.25, 0.3) is 5.56 Å². The maximum absolute atomic E-state index is 13.4. The summed E-state index contributed by atoms with van der Waals surface area (Å²) in [6.07, 6.45) is 0. The van der Waals surface area contributed by atoms with Gasteiger partial charge in [-0.1, -0.05) is 35.9 Å². The van der Waals surface area contributed by atoms with E-state index in [4.69, 9.17) is 16.3 Å². The molecular formula is C25H17ClFN3O4. The molecule has 0 bridgehead atoms. The van der Waals surface area contributed by atoms with Crippen molar-refractivity contribution in [3.63, 3.8) is 0 Å². The topological polar surface area (TPSA) is 89.2 Å². The highest BCUT2D eigenvalue weighted by Crippen LogP contribution is 2.37. The SMILES string of the molecule is COc1cccc(-c2ccc(-n3c(Cl)cc4[nH]c(=O)n(-c5ccc(F)cc5)c(=O)c43)cc2)c1O. The number of fused-ring (bicyclic) bond motifs is 1. The molecular weight excluding hydrogens is 461 g/mol. The highest BCUT2D eigenvalue weighted by Gasteiger charge is 2.18. The van der Waals surface area contributed by atoms with Crippen molar-refractivity contribution >= 4 is 22.6 Å². The maximum Gasteiger partial charge on any atom is 0.333 e. The molecule has 0 atom stereocenters. The van der Waals surface area contributed by atoms with Crippen LogP contribution in [-0.2, 0) is 0 Å². The summed E-state index contributed by atoms with van der Waals surface area (Å²) in [5.74, 6) is -0.115. The third kappa shape index (κ3) is 3.45. The number of hydrogen-bond donors (Lipinski definition) is 2. The Balaban J connectivity index is 1.67. The van der Waals surface area contributed by atoms with Crippen molar-refractivity contribution in [1.82, 2.24) is 14.1 Å². The zero-order chi connectivity index (χ0) is 24.0. The van der Waals surface area contributed by atoms with E-state index in [1.807, 2.05) is 0 Å². The number of halogens is 2. The molecule has 7 nitrogen and oxygen atoms in total. The number of benzene rings is 3. The predicted molar refractivity (Wildman–Crippen MR) is 128 cm³/mol. The molecule has 5 rings (SSSR count). The van der Waals surface area contributed by atoms with Gasteiger partial charge in [-0.05, 0) is 54.1 Å². The van der Waals surface area contributed by atoms with Crippen molar-refractivity contribution < 1.29 is 14.2 Å². The third-order valence-electron chi connectivity index (χ3n) is 5.55. The van der Waals surface area contributed by atoms with Crippen LogP contribution in [-0.4, -0.2) is 26.3 Å². The number of nitrogens with one attached hydrogen (secondary N) is 1. The van der Waals surface area contributed by atoms with Gasteiger partial charge in [0.15, 0.2) is 11.5 Å². The minimum Gasteiger partial charge on any atom is -0.504 e. The summed E-state index contributed by atoms with van der Waals surface area (Å²) >= 11 is 6.45. The highest BCUT2D eigenvalue weighted by molar-refractivity contribution is 6.31. The Kier molecular flexibility index (Phi) is 5.22. The number of methoxy groups -OCH3 is 1. The molecule has 0 fully saturated rings. The number of rotatable bonds is 4. The van der Waals surface area contributed by atoms with Crippen molar-refractivity contribution in [3.05, 3.63) is 105 Å². The van der Waals surface area contributed by atoms with E-state index < -0.39 is 17.1 Å². The molecule has 9 heteroatoms. The molecule has 0 radical (unpaired) electrons. The van der Waals surface area contributed by atoms with E-state index in [2.05, 4.69) is 4.98 Å². The van der Waals surface area contributed by atoms with Crippen LogP contribution in [0.4, 0.5) is 4.39 Å². The number of phenols is 1. The zero-order valence-corrected chi connectivity index (χ0v) is 18.5. The van der Waals surface area contributed by atoms with Crippen molar-refractivity contribution in [2.45, 2.75) is 0 Å². The normalized spacial score (nSPS) is 11.1. The molecule has 0 spiro atoms. The predicted octanol–water partition coefficient (Wildman–Crippen LogP) is 4.64. The largest absolute Gasteiger partial charge is 0.504 e. The summed E-state index contributed by atoms with van der Waals surface area (Å²) in [6.45, 7) is 0. The molecule has 0 aliphatic rings. The average Bonchev–Trinajstić information content (AvgIpc) is 3.16. The second kappa shape index (κ2) is 8.24. The third-order valence-corrected chi connectivity index (χ3v) is 5.82. The number of aromatic hydroxyl groups is 1. The van der Waals surface area contributed by atoms with Crippen molar-refractivity contribution in [2.24, 2.45) is 0 Å². The van der Waals surface area contributed by atoms with Crippen LogP contribution in [0.15, 0.2) is 82.4 Å². The standard InChI is InChI=1S/C25H17ClFN3O4/c1-34-20-4-2-3-18(23(20)31)14-5-9-16(10-6-14)29-21(26)13-19-22(29)24(32)30(25(33)28-19)17-11-7-15(27)8-12-17/h2-13,31H,1H3,(H,28,33). The van der Waals surface area contributed by atoms with E-state index in [9.17, 15) is 19.1 Å². The number of aromatic amines is 1. The van der Waals surface area contributed by atoms with Gasteiger partial charge >= 0.3 is 5.69 Å². The molecule has 5 aromatic rings. The molecule has 2 heterocycles. The number of hydrogen-bond acceptors (Lipinski definition) is 4. The lowest BCUT2D eigenvalue weighted by Crippen LogP contribution is -2.34. The Bertz CT molecular complexity index is 1650. The van der Waals surface area contributed by atoms with Gasteiger partial charge in [-0.3, -0.25) is 9.36 Å². The lowest BCUT2D eigenvalue weighted by molar-refractivity contribution is 0.374. The first-order chi connectivity index (χ1) is 16.4. The van der Waals surface area contributed by atoms with E-state index in [1.165, 1.54) is 42.0 Å². The van der Waals surface area contributed by atoms with Crippen LogP contribution in [0.3, 0.4) is 0 Å². The van der Waals surface area contributed by atoms with Crippen molar-refractivity contribution in [2.75, 3.05) is 7.11 Å². The van der Waals surface area contributed by atoms with Gasteiger partial charge in [0.05, 0.1) is 18.3 Å². The summed E-state index contributed by atoms with van der Waals surface area (Å²) in [5, 5.41) is 10.7. The van der Waals surface area contributed by atoms with Crippen LogP contribution in [0.1, 0.15) is 0 Å². The number of phenolic OH excluding ortho intramolecular Hbond substituents is 1. The quantitative estimate of drug-likeness (QED) is 0.394. The molecule has 0 aliphatic carbocycles. The van der Waals surface area contributed by atoms with E-state index >= 15 is 0 Å². The van der Waals surface area contributed by atoms with Gasteiger partial charge in [-0.15, -0.1) is 0 Å². The number of H-pyrrole nitrogens is 1. The molecule has 0 aliphatic heterocycles. The van der Waals surface area contributed by atoms with E-state index in [1.54, 1.807) is 42.5 Å². The Labute approximate surface area is 196 Å². The van der Waals surface area contributed by atoms with Crippen LogP contribution < -0.4 is 16.0 Å². The fourth-order valence-electron chi connectivity index (χ4n) is 3.94. The lowest BCUT2D eigenvalue weighted by Gasteiger charge is -2.11. The summed E-state index contributed by atoms with van der Waals surface area (Å²) < 4.78 is 21.0. The molecule has 2 aromatic heterocycles. The van der Waals surface area contributed by atoms with Crippen molar-refractivity contribution in [1.29, 1.82) is 0 Å². The van der Waals surface area contributed by atoms with E-state index in [0.717, 1.165) is 10.1 Å². The Morgan fingerprint density at radius 2 is 1.59 bits per heavy atom. The van der Waals surface area contributed by atoms with Gasteiger partial charge in [-0.2, -0.15) is 0 Å². The van der Waals surface area contributed by atoms with Crippen LogP contribution >= 0.6 is 11.6 Å². The summed E-state index contributed by atoms with van der Waals surface area (Å²) in [5.41, 5.74) is 1.26.